The largest absolute Gasteiger partial charge is 0.366 e. The van der Waals surface area contributed by atoms with Gasteiger partial charge in [-0.3, -0.25) is 4.79 Å². The highest BCUT2D eigenvalue weighted by atomic mass is 16.1. The molecule has 0 aliphatic heterocycles. The number of aromatic nitrogens is 2. The average molecular weight is 244 g/mol. The van der Waals surface area contributed by atoms with Gasteiger partial charge < -0.3 is 11.5 Å². The topological polar surface area (TPSA) is 86.9 Å². The summed E-state index contributed by atoms with van der Waals surface area (Å²) in [6, 6.07) is 7.68. The van der Waals surface area contributed by atoms with Crippen LogP contribution in [0.15, 0.2) is 36.7 Å². The Hall–Kier alpha value is -2.14. The van der Waals surface area contributed by atoms with Crippen molar-refractivity contribution >= 4 is 5.91 Å². The zero-order valence-electron chi connectivity index (χ0n) is 10.2. The number of benzene rings is 1. The van der Waals surface area contributed by atoms with Gasteiger partial charge in [-0.15, -0.1) is 0 Å². The maximum Gasteiger partial charge on any atom is 0.251 e. The Balaban J connectivity index is 2.46. The fourth-order valence-corrected chi connectivity index (χ4v) is 1.81. The minimum Gasteiger partial charge on any atom is -0.366 e. The Bertz CT molecular complexity index is 562. The lowest BCUT2D eigenvalue weighted by atomic mass is 10.0. The summed E-state index contributed by atoms with van der Waals surface area (Å²) in [6.45, 7) is 2.03. The van der Waals surface area contributed by atoms with Gasteiger partial charge in [-0.1, -0.05) is 25.1 Å². The quantitative estimate of drug-likeness (QED) is 0.851. The van der Waals surface area contributed by atoms with E-state index >= 15 is 0 Å². The second-order valence-electron chi connectivity index (χ2n) is 4.11. The van der Waals surface area contributed by atoms with Crippen molar-refractivity contribution in [2.45, 2.75) is 19.4 Å². The Morgan fingerprint density at radius 2 is 2.17 bits per heavy atom. The Morgan fingerprint density at radius 3 is 2.78 bits per heavy atom. The molecule has 4 N–H and O–H groups in total. The van der Waals surface area contributed by atoms with Crippen molar-refractivity contribution in [3.8, 4) is 5.69 Å². The lowest BCUT2D eigenvalue weighted by Gasteiger charge is -2.14. The predicted octanol–water partition coefficient (Wildman–Crippen LogP) is 1.38. The first kappa shape index (κ1) is 12.3. The van der Waals surface area contributed by atoms with Gasteiger partial charge in [0.15, 0.2) is 0 Å². The van der Waals surface area contributed by atoms with Crippen LogP contribution in [0.5, 0.6) is 0 Å². The monoisotopic (exact) mass is 244 g/mol. The molecule has 1 aromatic heterocycles. The summed E-state index contributed by atoms with van der Waals surface area (Å²) < 4.78 is 1.63. The van der Waals surface area contributed by atoms with E-state index in [4.69, 9.17) is 11.5 Å². The summed E-state index contributed by atoms with van der Waals surface area (Å²) in [5.41, 5.74) is 13.5. The van der Waals surface area contributed by atoms with Crippen LogP contribution in [0.1, 0.15) is 35.3 Å². The minimum atomic E-state index is -0.487. The fraction of sp³-hybridized carbons (Fsp3) is 0.231. The second-order valence-corrected chi connectivity index (χ2v) is 4.11. The normalized spacial score (nSPS) is 12.3. The molecule has 1 atom stereocenters. The summed E-state index contributed by atoms with van der Waals surface area (Å²) in [5, 5.41) is 4.15. The molecule has 5 nitrogen and oxygen atoms in total. The molecule has 0 aliphatic carbocycles. The molecule has 2 aromatic rings. The number of carbonyl (C=O) groups is 1. The molecule has 0 aliphatic rings. The smallest absolute Gasteiger partial charge is 0.251 e. The first-order chi connectivity index (χ1) is 8.63. The molecule has 2 rings (SSSR count). The molecule has 0 saturated carbocycles. The molecule has 5 heteroatoms. The molecule has 18 heavy (non-hydrogen) atoms. The molecule has 0 unspecified atom stereocenters. The van der Waals surface area contributed by atoms with E-state index < -0.39 is 5.91 Å². The van der Waals surface area contributed by atoms with E-state index in [0.717, 1.165) is 17.7 Å². The minimum absolute atomic E-state index is 0.0533. The maximum atomic E-state index is 11.1. The van der Waals surface area contributed by atoms with E-state index in [1.54, 1.807) is 10.9 Å². The third-order valence-corrected chi connectivity index (χ3v) is 2.89. The van der Waals surface area contributed by atoms with Gasteiger partial charge in [0.1, 0.15) is 0 Å². The molecule has 0 fully saturated rings. The van der Waals surface area contributed by atoms with Crippen LogP contribution in [0.25, 0.3) is 5.69 Å². The van der Waals surface area contributed by atoms with Gasteiger partial charge in [-0.05, 0) is 18.1 Å². The number of carbonyl (C=O) groups excluding carboxylic acids is 1. The van der Waals surface area contributed by atoms with Gasteiger partial charge in [0.2, 0.25) is 0 Å². The SMILES string of the molecule is CC[C@@H](N)c1ccccc1-n1cc(C(N)=O)cn1. The predicted molar refractivity (Wildman–Crippen MR) is 69.3 cm³/mol. The van der Waals surface area contributed by atoms with E-state index in [0.29, 0.717) is 5.56 Å². The Labute approximate surface area is 105 Å². The number of nitrogens with zero attached hydrogens (tertiary/aromatic N) is 2. The van der Waals surface area contributed by atoms with Crippen molar-refractivity contribution in [1.29, 1.82) is 0 Å². The molecule has 1 amide bonds. The number of rotatable bonds is 4. The van der Waals surface area contributed by atoms with Crippen molar-refractivity contribution in [2.75, 3.05) is 0 Å². The average Bonchev–Trinajstić information content (AvgIpc) is 2.87. The molecule has 0 bridgehead atoms. The van der Waals surface area contributed by atoms with Gasteiger partial charge in [0, 0.05) is 12.2 Å². The van der Waals surface area contributed by atoms with E-state index in [-0.39, 0.29) is 6.04 Å². The summed E-state index contributed by atoms with van der Waals surface area (Å²) in [4.78, 5) is 11.1. The summed E-state index contributed by atoms with van der Waals surface area (Å²) in [7, 11) is 0. The first-order valence-electron chi connectivity index (χ1n) is 5.82. The van der Waals surface area contributed by atoms with Crippen LogP contribution in [-0.2, 0) is 0 Å². The second kappa shape index (κ2) is 5.01. The number of hydrogen-bond donors (Lipinski definition) is 2. The zero-order chi connectivity index (χ0) is 13.1. The molecule has 0 radical (unpaired) electrons. The third kappa shape index (κ3) is 2.26. The van der Waals surface area contributed by atoms with Gasteiger partial charge in [-0.2, -0.15) is 5.10 Å². The van der Waals surface area contributed by atoms with Crippen LogP contribution < -0.4 is 11.5 Å². The first-order valence-corrected chi connectivity index (χ1v) is 5.82. The van der Waals surface area contributed by atoms with Crippen molar-refractivity contribution in [3.05, 3.63) is 47.8 Å². The van der Waals surface area contributed by atoms with Crippen LogP contribution in [-0.4, -0.2) is 15.7 Å². The van der Waals surface area contributed by atoms with Gasteiger partial charge in [-0.25, -0.2) is 4.68 Å². The Morgan fingerprint density at radius 1 is 1.44 bits per heavy atom. The molecular weight excluding hydrogens is 228 g/mol. The lowest BCUT2D eigenvalue weighted by molar-refractivity contribution is 0.100. The standard InChI is InChI=1S/C13H16N4O/c1-2-11(14)10-5-3-4-6-12(10)17-8-9(7-16-17)13(15)18/h3-8,11H,2,14H2,1H3,(H2,15,18)/t11-/m1/s1. The summed E-state index contributed by atoms with van der Waals surface area (Å²) in [6.07, 6.45) is 3.90. The van der Waals surface area contributed by atoms with Crippen LogP contribution in [0.2, 0.25) is 0 Å². The number of primary amides is 1. The van der Waals surface area contributed by atoms with E-state index in [2.05, 4.69) is 5.10 Å². The van der Waals surface area contributed by atoms with Crippen LogP contribution in [0.3, 0.4) is 0 Å². The highest BCUT2D eigenvalue weighted by Crippen LogP contribution is 2.21. The van der Waals surface area contributed by atoms with Crippen molar-refractivity contribution in [3.63, 3.8) is 0 Å². The van der Waals surface area contributed by atoms with Crippen molar-refractivity contribution < 1.29 is 4.79 Å². The zero-order valence-corrected chi connectivity index (χ0v) is 10.2. The van der Waals surface area contributed by atoms with E-state index in [1.165, 1.54) is 6.20 Å². The number of amides is 1. The van der Waals surface area contributed by atoms with Crippen LogP contribution >= 0.6 is 0 Å². The highest BCUT2D eigenvalue weighted by molar-refractivity contribution is 5.92. The van der Waals surface area contributed by atoms with E-state index in [9.17, 15) is 4.79 Å². The summed E-state index contributed by atoms with van der Waals surface area (Å²) in [5.74, 6) is -0.487. The lowest BCUT2D eigenvalue weighted by Crippen LogP contribution is -2.13. The molecule has 0 spiro atoms. The fourth-order valence-electron chi connectivity index (χ4n) is 1.81. The van der Waals surface area contributed by atoms with Gasteiger partial charge >= 0.3 is 0 Å². The molecule has 1 heterocycles. The number of nitrogens with two attached hydrogens (primary N) is 2. The Kier molecular flexibility index (Phi) is 3.43. The van der Waals surface area contributed by atoms with Crippen molar-refractivity contribution in [2.24, 2.45) is 11.5 Å². The third-order valence-electron chi connectivity index (χ3n) is 2.89. The van der Waals surface area contributed by atoms with Crippen LogP contribution in [0.4, 0.5) is 0 Å². The number of para-hydroxylation sites is 1. The number of hydrogen-bond acceptors (Lipinski definition) is 3. The summed E-state index contributed by atoms with van der Waals surface area (Å²) >= 11 is 0. The molecular formula is C13H16N4O. The maximum absolute atomic E-state index is 11.1. The van der Waals surface area contributed by atoms with Crippen molar-refractivity contribution in [1.82, 2.24) is 9.78 Å². The highest BCUT2D eigenvalue weighted by Gasteiger charge is 2.12. The van der Waals surface area contributed by atoms with Crippen LogP contribution in [0, 0.1) is 0 Å². The van der Waals surface area contributed by atoms with Gasteiger partial charge in [0.25, 0.3) is 5.91 Å². The molecule has 0 saturated heterocycles. The van der Waals surface area contributed by atoms with E-state index in [1.807, 2.05) is 31.2 Å². The van der Waals surface area contributed by atoms with Gasteiger partial charge in [0.05, 0.1) is 17.4 Å². The molecule has 94 valence electrons. The molecule has 1 aromatic carbocycles.